The van der Waals surface area contributed by atoms with Crippen LogP contribution in [0.4, 0.5) is 4.79 Å². The molecule has 0 bridgehead atoms. The first kappa shape index (κ1) is 22.9. The molecular weight excluding hydrogens is 390 g/mol. The van der Waals surface area contributed by atoms with Crippen molar-refractivity contribution in [1.82, 2.24) is 15.8 Å². The molecule has 0 fully saturated rings. The highest BCUT2D eigenvalue weighted by Gasteiger charge is 2.23. The normalized spacial score (nSPS) is 12.1. The van der Waals surface area contributed by atoms with Crippen LogP contribution in [0.2, 0.25) is 0 Å². The van der Waals surface area contributed by atoms with Crippen LogP contribution in [-0.2, 0) is 16.1 Å². The fourth-order valence-electron chi connectivity index (χ4n) is 2.44. The Balaban J connectivity index is 1.94. The molecule has 2 aromatic rings. The fraction of sp³-hybridized carbons (Fsp3) is 0.429. The van der Waals surface area contributed by atoms with E-state index in [4.69, 9.17) is 14.0 Å². The van der Waals surface area contributed by atoms with Crippen LogP contribution in [0.5, 0.6) is 5.75 Å². The maximum Gasteiger partial charge on any atom is 0.339 e. The summed E-state index contributed by atoms with van der Waals surface area (Å²) >= 11 is 0. The number of amides is 3. The second-order valence-electron chi connectivity index (χ2n) is 7.86. The Kier molecular flexibility index (Phi) is 7.20. The van der Waals surface area contributed by atoms with Gasteiger partial charge in [0.15, 0.2) is 6.10 Å². The number of hydrogen-bond acceptors (Lipinski definition) is 7. The third-order valence-electron chi connectivity index (χ3n) is 4.01. The van der Waals surface area contributed by atoms with Crippen molar-refractivity contribution < 1.29 is 28.4 Å². The number of hydrogen-bond donors (Lipinski definition) is 2. The van der Waals surface area contributed by atoms with Gasteiger partial charge in [-0.1, -0.05) is 11.2 Å². The standard InChI is InChI=1S/C21H27N3O6/c1-12-17(13(2)30-24-12)11-28-16-9-7-8-15(10-16)19(26)29-14(3)18(25)22-20(27)23-21(4,5)6/h7-10,14H,11H2,1-6H3,(H2,22,23,25,27)/t14-/m1/s1. The average Bonchev–Trinajstić information content (AvgIpc) is 2.96. The lowest BCUT2D eigenvalue weighted by atomic mass is 10.1. The molecule has 1 heterocycles. The topological polar surface area (TPSA) is 120 Å². The van der Waals surface area contributed by atoms with Gasteiger partial charge in [-0.2, -0.15) is 0 Å². The molecule has 1 aromatic carbocycles. The fourth-order valence-corrected chi connectivity index (χ4v) is 2.44. The van der Waals surface area contributed by atoms with Gasteiger partial charge < -0.3 is 19.3 Å². The first-order valence-corrected chi connectivity index (χ1v) is 9.45. The lowest BCUT2D eigenvalue weighted by molar-refractivity contribution is -0.127. The third kappa shape index (κ3) is 6.61. The number of aryl methyl sites for hydroxylation is 2. The van der Waals surface area contributed by atoms with E-state index in [1.165, 1.54) is 13.0 Å². The molecule has 2 N–H and O–H groups in total. The van der Waals surface area contributed by atoms with Gasteiger partial charge in [-0.15, -0.1) is 0 Å². The Labute approximate surface area is 175 Å². The molecule has 0 saturated carbocycles. The lowest BCUT2D eigenvalue weighted by Crippen LogP contribution is -2.50. The summed E-state index contributed by atoms with van der Waals surface area (Å²) in [5, 5.41) is 8.60. The molecule has 0 aliphatic carbocycles. The number of rotatable bonds is 6. The van der Waals surface area contributed by atoms with Crippen LogP contribution in [0, 0.1) is 13.8 Å². The van der Waals surface area contributed by atoms with Crippen molar-refractivity contribution in [2.45, 2.75) is 59.8 Å². The number of carbonyl (C=O) groups excluding carboxylic acids is 3. The highest BCUT2D eigenvalue weighted by molar-refractivity contribution is 5.98. The van der Waals surface area contributed by atoms with E-state index in [2.05, 4.69) is 15.8 Å². The van der Waals surface area contributed by atoms with Crippen LogP contribution in [0.25, 0.3) is 0 Å². The molecule has 9 heteroatoms. The van der Waals surface area contributed by atoms with Gasteiger partial charge in [-0.25, -0.2) is 9.59 Å². The van der Waals surface area contributed by atoms with Gasteiger partial charge in [-0.3, -0.25) is 10.1 Å². The number of esters is 1. The molecule has 1 aromatic heterocycles. The Hall–Kier alpha value is -3.36. The largest absolute Gasteiger partial charge is 0.489 e. The molecule has 30 heavy (non-hydrogen) atoms. The molecule has 0 spiro atoms. The van der Waals surface area contributed by atoms with Crippen LogP contribution in [0.1, 0.15) is 55.1 Å². The Morgan fingerprint density at radius 3 is 2.50 bits per heavy atom. The zero-order valence-electron chi connectivity index (χ0n) is 18.0. The summed E-state index contributed by atoms with van der Waals surface area (Å²) in [6.45, 7) is 10.6. The molecule has 0 unspecified atom stereocenters. The van der Waals surface area contributed by atoms with Gasteiger partial charge >= 0.3 is 12.0 Å². The second-order valence-corrected chi connectivity index (χ2v) is 7.86. The quantitative estimate of drug-likeness (QED) is 0.693. The summed E-state index contributed by atoms with van der Waals surface area (Å²) in [5.74, 6) is -0.322. The number of carbonyl (C=O) groups is 3. The maximum atomic E-state index is 12.4. The minimum Gasteiger partial charge on any atom is -0.489 e. The summed E-state index contributed by atoms with van der Waals surface area (Å²) in [4.78, 5) is 36.2. The van der Waals surface area contributed by atoms with Crippen LogP contribution < -0.4 is 15.4 Å². The van der Waals surface area contributed by atoms with Crippen LogP contribution in [0.3, 0.4) is 0 Å². The Bertz CT molecular complexity index is 910. The zero-order valence-corrected chi connectivity index (χ0v) is 18.0. The number of nitrogens with zero attached hydrogens (tertiary/aromatic N) is 1. The second kappa shape index (κ2) is 9.43. The van der Waals surface area contributed by atoms with Gasteiger partial charge in [0.1, 0.15) is 18.1 Å². The van der Waals surface area contributed by atoms with Gasteiger partial charge in [0, 0.05) is 5.54 Å². The summed E-state index contributed by atoms with van der Waals surface area (Å²) in [5.41, 5.74) is 1.28. The van der Waals surface area contributed by atoms with Gasteiger partial charge in [0.25, 0.3) is 5.91 Å². The van der Waals surface area contributed by atoms with Crippen LogP contribution in [-0.4, -0.2) is 34.7 Å². The van der Waals surface area contributed by atoms with E-state index in [0.29, 0.717) is 11.5 Å². The van der Waals surface area contributed by atoms with Crippen LogP contribution >= 0.6 is 0 Å². The molecular formula is C21H27N3O6. The first-order chi connectivity index (χ1) is 14.0. The van der Waals surface area contributed by atoms with E-state index in [1.807, 2.05) is 6.92 Å². The van der Waals surface area contributed by atoms with E-state index in [0.717, 1.165) is 11.3 Å². The molecule has 9 nitrogen and oxygen atoms in total. The highest BCUT2D eigenvalue weighted by Crippen LogP contribution is 2.19. The third-order valence-corrected chi connectivity index (χ3v) is 4.01. The Morgan fingerprint density at radius 2 is 1.90 bits per heavy atom. The minimum atomic E-state index is -1.16. The van der Waals surface area contributed by atoms with Crippen LogP contribution in [0.15, 0.2) is 28.8 Å². The summed E-state index contributed by atoms with van der Waals surface area (Å²) < 4.78 is 16.0. The number of urea groups is 1. The van der Waals surface area contributed by atoms with Gasteiger partial charge in [0.2, 0.25) is 0 Å². The number of benzene rings is 1. The monoisotopic (exact) mass is 417 g/mol. The molecule has 0 saturated heterocycles. The van der Waals surface area contributed by atoms with Crippen molar-refractivity contribution >= 4 is 17.9 Å². The summed E-state index contributed by atoms with van der Waals surface area (Å²) in [6, 6.07) is 5.73. The van der Waals surface area contributed by atoms with E-state index in [9.17, 15) is 14.4 Å². The van der Waals surface area contributed by atoms with E-state index in [1.54, 1.807) is 45.9 Å². The molecule has 1 atom stereocenters. The van der Waals surface area contributed by atoms with Crippen molar-refractivity contribution in [2.24, 2.45) is 0 Å². The Morgan fingerprint density at radius 1 is 1.20 bits per heavy atom. The van der Waals surface area contributed by atoms with E-state index >= 15 is 0 Å². The van der Waals surface area contributed by atoms with Crippen molar-refractivity contribution in [3.8, 4) is 5.75 Å². The SMILES string of the molecule is Cc1noc(C)c1COc1cccc(C(=O)O[C@H](C)C(=O)NC(=O)NC(C)(C)C)c1. The molecule has 0 aliphatic heterocycles. The minimum absolute atomic E-state index is 0.213. The molecule has 3 amide bonds. The summed E-state index contributed by atoms with van der Waals surface area (Å²) in [6.07, 6.45) is -1.16. The molecule has 0 radical (unpaired) electrons. The predicted octanol–water partition coefficient (Wildman–Crippen LogP) is 3.04. The highest BCUT2D eigenvalue weighted by atomic mass is 16.5. The van der Waals surface area contributed by atoms with Crippen molar-refractivity contribution in [3.63, 3.8) is 0 Å². The van der Waals surface area contributed by atoms with Crippen molar-refractivity contribution in [2.75, 3.05) is 0 Å². The summed E-state index contributed by atoms with van der Waals surface area (Å²) in [7, 11) is 0. The molecule has 2 rings (SSSR count). The molecule has 162 valence electrons. The maximum absolute atomic E-state index is 12.4. The van der Waals surface area contributed by atoms with E-state index in [-0.39, 0.29) is 12.2 Å². The first-order valence-electron chi connectivity index (χ1n) is 9.45. The lowest BCUT2D eigenvalue weighted by Gasteiger charge is -2.21. The van der Waals surface area contributed by atoms with Gasteiger partial charge in [-0.05, 0) is 59.7 Å². The number of nitrogens with one attached hydrogen (secondary N) is 2. The number of aromatic nitrogens is 1. The van der Waals surface area contributed by atoms with Crippen molar-refractivity contribution in [3.05, 3.63) is 46.8 Å². The van der Waals surface area contributed by atoms with E-state index < -0.39 is 29.6 Å². The molecule has 0 aliphatic rings. The number of imide groups is 1. The number of ether oxygens (including phenoxy) is 2. The predicted molar refractivity (Wildman–Crippen MR) is 108 cm³/mol. The smallest absolute Gasteiger partial charge is 0.339 e. The zero-order chi connectivity index (χ0) is 22.5. The van der Waals surface area contributed by atoms with Gasteiger partial charge in [0.05, 0.1) is 16.8 Å². The van der Waals surface area contributed by atoms with Crippen molar-refractivity contribution in [1.29, 1.82) is 0 Å². The average molecular weight is 417 g/mol.